The van der Waals surface area contributed by atoms with E-state index in [0.717, 1.165) is 19.5 Å². The van der Waals surface area contributed by atoms with E-state index in [1.165, 1.54) is 18.9 Å². The molecule has 1 unspecified atom stereocenters. The maximum Gasteiger partial charge on any atom is 0.224 e. The Kier molecular flexibility index (Phi) is 3.34. The second-order valence-corrected chi connectivity index (χ2v) is 3.86. The van der Waals surface area contributed by atoms with Crippen LogP contribution in [-0.2, 0) is 4.79 Å². The molecule has 15 heavy (non-hydrogen) atoms. The van der Waals surface area contributed by atoms with Crippen molar-refractivity contribution in [2.24, 2.45) is 5.92 Å². The number of hydrogen-bond acceptors (Lipinski definition) is 4. The van der Waals surface area contributed by atoms with Crippen LogP contribution in [0.3, 0.4) is 0 Å². The van der Waals surface area contributed by atoms with Gasteiger partial charge < -0.3 is 15.2 Å². The van der Waals surface area contributed by atoms with Crippen LogP contribution < -0.4 is 10.6 Å². The molecule has 0 saturated carbocycles. The zero-order chi connectivity index (χ0) is 10.5. The Morgan fingerprint density at radius 1 is 1.73 bits per heavy atom. The first-order valence-electron chi connectivity index (χ1n) is 5.24. The number of rotatable bonds is 4. The molecule has 2 heterocycles. The van der Waals surface area contributed by atoms with Crippen LogP contribution in [0, 0.1) is 5.92 Å². The third-order valence-corrected chi connectivity index (χ3v) is 2.66. The van der Waals surface area contributed by atoms with Crippen molar-refractivity contribution in [2.75, 3.05) is 18.4 Å². The summed E-state index contributed by atoms with van der Waals surface area (Å²) >= 11 is 0. The third-order valence-electron chi connectivity index (χ3n) is 2.66. The molecule has 82 valence electrons. The topological polar surface area (TPSA) is 67.2 Å². The number of nitrogens with zero attached hydrogens (tertiary/aromatic N) is 1. The maximum atomic E-state index is 11.5. The zero-order valence-corrected chi connectivity index (χ0v) is 8.53. The molecule has 0 radical (unpaired) electrons. The molecule has 0 aromatic carbocycles. The van der Waals surface area contributed by atoms with E-state index >= 15 is 0 Å². The van der Waals surface area contributed by atoms with E-state index in [1.54, 1.807) is 0 Å². The standard InChI is InChI=1S/C10H15N3O2/c14-10(13-9-6-12-15-7-9)2-1-8-3-4-11-5-8/h6-8,11H,1-5H2,(H,13,14). The predicted molar refractivity (Wildman–Crippen MR) is 55.3 cm³/mol. The van der Waals surface area contributed by atoms with Crippen molar-refractivity contribution < 1.29 is 9.32 Å². The molecule has 2 rings (SSSR count). The summed E-state index contributed by atoms with van der Waals surface area (Å²) in [5.41, 5.74) is 0.629. The minimum Gasteiger partial charge on any atom is -0.363 e. The summed E-state index contributed by atoms with van der Waals surface area (Å²) in [7, 11) is 0. The van der Waals surface area contributed by atoms with Crippen molar-refractivity contribution in [2.45, 2.75) is 19.3 Å². The lowest BCUT2D eigenvalue weighted by atomic mass is 10.0. The Morgan fingerprint density at radius 2 is 2.67 bits per heavy atom. The number of nitrogens with one attached hydrogen (secondary N) is 2. The quantitative estimate of drug-likeness (QED) is 0.776. The summed E-state index contributed by atoms with van der Waals surface area (Å²) in [6, 6.07) is 0. The van der Waals surface area contributed by atoms with Gasteiger partial charge in [-0.3, -0.25) is 4.79 Å². The minimum atomic E-state index is 0.0325. The number of amides is 1. The Balaban J connectivity index is 1.68. The smallest absolute Gasteiger partial charge is 0.224 e. The molecule has 0 aliphatic carbocycles. The lowest BCUT2D eigenvalue weighted by Crippen LogP contribution is -2.14. The van der Waals surface area contributed by atoms with E-state index in [-0.39, 0.29) is 5.91 Å². The summed E-state index contributed by atoms with van der Waals surface area (Å²) in [6.07, 6.45) is 5.62. The van der Waals surface area contributed by atoms with Gasteiger partial charge in [-0.1, -0.05) is 5.16 Å². The van der Waals surface area contributed by atoms with Crippen molar-refractivity contribution in [1.29, 1.82) is 0 Å². The van der Waals surface area contributed by atoms with Gasteiger partial charge >= 0.3 is 0 Å². The van der Waals surface area contributed by atoms with Crippen LogP contribution in [-0.4, -0.2) is 24.2 Å². The fourth-order valence-corrected chi connectivity index (χ4v) is 1.79. The highest BCUT2D eigenvalue weighted by Crippen LogP contribution is 2.15. The number of carbonyl (C=O) groups excluding carboxylic acids is 1. The summed E-state index contributed by atoms with van der Waals surface area (Å²) in [5, 5.41) is 9.53. The molecule has 1 aromatic rings. The summed E-state index contributed by atoms with van der Waals surface area (Å²) in [4.78, 5) is 11.5. The molecule has 1 aliphatic rings. The fraction of sp³-hybridized carbons (Fsp3) is 0.600. The zero-order valence-electron chi connectivity index (χ0n) is 8.53. The van der Waals surface area contributed by atoms with Crippen molar-refractivity contribution in [3.63, 3.8) is 0 Å². The Labute approximate surface area is 88.2 Å². The van der Waals surface area contributed by atoms with Crippen LogP contribution in [0.15, 0.2) is 17.0 Å². The normalized spacial score (nSPS) is 20.4. The van der Waals surface area contributed by atoms with E-state index < -0.39 is 0 Å². The monoisotopic (exact) mass is 209 g/mol. The molecule has 2 N–H and O–H groups in total. The molecule has 0 spiro atoms. The first-order valence-corrected chi connectivity index (χ1v) is 5.24. The van der Waals surface area contributed by atoms with E-state index in [2.05, 4.69) is 20.3 Å². The molecule has 1 amide bonds. The van der Waals surface area contributed by atoms with Crippen molar-refractivity contribution in [1.82, 2.24) is 10.5 Å². The minimum absolute atomic E-state index is 0.0325. The number of aromatic nitrogens is 1. The molecule has 1 fully saturated rings. The first kappa shape index (κ1) is 10.2. The lowest BCUT2D eigenvalue weighted by Gasteiger charge is -2.06. The molecule has 1 aliphatic heterocycles. The number of anilines is 1. The van der Waals surface area contributed by atoms with Gasteiger partial charge in [0.05, 0.1) is 6.20 Å². The average Bonchev–Trinajstić information content (AvgIpc) is 2.86. The first-order chi connectivity index (χ1) is 7.34. The number of hydrogen-bond donors (Lipinski definition) is 2. The van der Waals surface area contributed by atoms with E-state index in [9.17, 15) is 4.79 Å². The van der Waals surface area contributed by atoms with Gasteiger partial charge in [0.1, 0.15) is 12.0 Å². The summed E-state index contributed by atoms with van der Waals surface area (Å²) in [5.74, 6) is 0.684. The highest BCUT2D eigenvalue weighted by atomic mass is 16.5. The maximum absolute atomic E-state index is 11.5. The Morgan fingerprint density at radius 3 is 3.33 bits per heavy atom. The molecule has 5 heteroatoms. The van der Waals surface area contributed by atoms with E-state index in [0.29, 0.717) is 18.0 Å². The average molecular weight is 209 g/mol. The van der Waals surface area contributed by atoms with Crippen molar-refractivity contribution in [3.8, 4) is 0 Å². The molecule has 0 bridgehead atoms. The largest absolute Gasteiger partial charge is 0.363 e. The predicted octanol–water partition coefficient (Wildman–Crippen LogP) is 1.00. The summed E-state index contributed by atoms with van der Waals surface area (Å²) < 4.78 is 4.62. The Hall–Kier alpha value is -1.36. The number of carbonyl (C=O) groups is 1. The van der Waals surface area contributed by atoms with Crippen LogP contribution in [0.1, 0.15) is 19.3 Å². The van der Waals surface area contributed by atoms with Crippen LogP contribution in [0.5, 0.6) is 0 Å². The van der Waals surface area contributed by atoms with Crippen LogP contribution >= 0.6 is 0 Å². The molecule has 5 nitrogen and oxygen atoms in total. The van der Waals surface area contributed by atoms with Crippen LogP contribution in [0.25, 0.3) is 0 Å². The Bertz CT molecular complexity index is 304. The summed E-state index contributed by atoms with van der Waals surface area (Å²) in [6.45, 7) is 2.12. The van der Waals surface area contributed by atoms with Gasteiger partial charge in [0.25, 0.3) is 0 Å². The van der Waals surface area contributed by atoms with Gasteiger partial charge in [-0.25, -0.2) is 0 Å². The SMILES string of the molecule is O=C(CCC1CCNC1)Nc1cnoc1. The van der Waals surface area contributed by atoms with Gasteiger partial charge in [-0.05, 0) is 31.8 Å². The molecular weight excluding hydrogens is 194 g/mol. The van der Waals surface area contributed by atoms with Gasteiger partial charge in [-0.15, -0.1) is 0 Å². The van der Waals surface area contributed by atoms with Crippen molar-refractivity contribution in [3.05, 3.63) is 12.5 Å². The van der Waals surface area contributed by atoms with Gasteiger partial charge in [0, 0.05) is 6.42 Å². The second kappa shape index (κ2) is 4.93. The lowest BCUT2D eigenvalue weighted by molar-refractivity contribution is -0.116. The highest BCUT2D eigenvalue weighted by molar-refractivity contribution is 5.90. The molecular formula is C10H15N3O2. The van der Waals surface area contributed by atoms with E-state index in [1.807, 2.05) is 0 Å². The second-order valence-electron chi connectivity index (χ2n) is 3.86. The van der Waals surface area contributed by atoms with E-state index in [4.69, 9.17) is 0 Å². The molecule has 1 aromatic heterocycles. The van der Waals surface area contributed by atoms with Crippen LogP contribution in [0.4, 0.5) is 5.69 Å². The molecule has 1 saturated heterocycles. The third kappa shape index (κ3) is 3.06. The van der Waals surface area contributed by atoms with Gasteiger partial charge in [0.2, 0.25) is 5.91 Å². The van der Waals surface area contributed by atoms with Crippen LogP contribution in [0.2, 0.25) is 0 Å². The van der Waals surface area contributed by atoms with Gasteiger partial charge in [-0.2, -0.15) is 0 Å². The van der Waals surface area contributed by atoms with Gasteiger partial charge in [0.15, 0.2) is 0 Å². The highest BCUT2D eigenvalue weighted by Gasteiger charge is 2.15. The van der Waals surface area contributed by atoms with Crippen molar-refractivity contribution >= 4 is 11.6 Å². The fourth-order valence-electron chi connectivity index (χ4n) is 1.79. The molecule has 1 atom stereocenters.